The van der Waals surface area contributed by atoms with Crippen LogP contribution >= 0.6 is 0 Å². The lowest BCUT2D eigenvalue weighted by atomic mass is 10.3. The van der Waals surface area contributed by atoms with E-state index in [1.54, 1.807) is 4.90 Å². The first-order valence-electron chi connectivity index (χ1n) is 5.96. The highest BCUT2D eigenvalue weighted by Gasteiger charge is 2.21. The summed E-state index contributed by atoms with van der Waals surface area (Å²) in [5, 5.41) is 10.6. The quantitative estimate of drug-likeness (QED) is 0.595. The molecule has 1 heterocycles. The fraction of sp³-hybridized carbons (Fsp3) is 0.417. The number of amides is 1. The van der Waals surface area contributed by atoms with E-state index in [0.717, 1.165) is 13.1 Å². The molecule has 19 heavy (non-hydrogen) atoms. The number of likely N-dealkylation sites (N-methyl/N-ethyl adjacent to an activating group) is 1. The number of benzene rings is 1. The Morgan fingerprint density at radius 2 is 2.00 bits per heavy atom. The van der Waals surface area contributed by atoms with Gasteiger partial charge in [0.1, 0.15) is 5.75 Å². The van der Waals surface area contributed by atoms with E-state index in [2.05, 4.69) is 4.90 Å². The van der Waals surface area contributed by atoms with E-state index in [1.165, 1.54) is 24.3 Å². The molecule has 7 heteroatoms. The number of ether oxygens (including phenoxy) is 1. The van der Waals surface area contributed by atoms with Gasteiger partial charge in [-0.15, -0.1) is 0 Å². The number of rotatable bonds is 2. The third-order valence-electron chi connectivity index (χ3n) is 3.00. The first-order valence-corrected chi connectivity index (χ1v) is 5.96. The zero-order chi connectivity index (χ0) is 13.8. The molecule has 102 valence electrons. The van der Waals surface area contributed by atoms with Crippen molar-refractivity contribution in [1.82, 2.24) is 9.80 Å². The van der Waals surface area contributed by atoms with Gasteiger partial charge in [-0.2, -0.15) is 0 Å². The zero-order valence-corrected chi connectivity index (χ0v) is 10.6. The monoisotopic (exact) mass is 265 g/mol. The molecule has 1 fully saturated rings. The summed E-state index contributed by atoms with van der Waals surface area (Å²) in [4.78, 5) is 25.7. The number of nitro groups is 1. The molecule has 0 spiro atoms. The molecule has 0 bridgehead atoms. The summed E-state index contributed by atoms with van der Waals surface area (Å²) in [5.74, 6) is 0.193. The molecule has 0 saturated carbocycles. The van der Waals surface area contributed by atoms with Gasteiger partial charge in [0.15, 0.2) is 0 Å². The number of hydrogen-bond acceptors (Lipinski definition) is 5. The lowest BCUT2D eigenvalue weighted by Crippen LogP contribution is -2.48. The van der Waals surface area contributed by atoms with E-state index >= 15 is 0 Å². The molecule has 1 aromatic carbocycles. The van der Waals surface area contributed by atoms with Gasteiger partial charge in [0.25, 0.3) is 5.69 Å². The summed E-state index contributed by atoms with van der Waals surface area (Å²) in [7, 11) is 1.99. The number of nitro benzene ring substituents is 1. The van der Waals surface area contributed by atoms with Gasteiger partial charge in [0.05, 0.1) is 11.0 Å². The average molecular weight is 265 g/mol. The summed E-state index contributed by atoms with van der Waals surface area (Å²) >= 11 is 0. The summed E-state index contributed by atoms with van der Waals surface area (Å²) in [6.45, 7) is 2.79. The van der Waals surface area contributed by atoms with Crippen molar-refractivity contribution in [2.45, 2.75) is 0 Å². The second kappa shape index (κ2) is 5.66. The van der Waals surface area contributed by atoms with Gasteiger partial charge in [-0.05, 0) is 13.1 Å². The number of carbonyl (C=O) groups excluding carboxylic acids is 1. The van der Waals surface area contributed by atoms with E-state index in [0.29, 0.717) is 13.1 Å². The van der Waals surface area contributed by atoms with Crippen molar-refractivity contribution in [3.63, 3.8) is 0 Å². The van der Waals surface area contributed by atoms with Gasteiger partial charge >= 0.3 is 6.09 Å². The zero-order valence-electron chi connectivity index (χ0n) is 10.6. The van der Waals surface area contributed by atoms with Crippen LogP contribution in [0.1, 0.15) is 0 Å². The van der Waals surface area contributed by atoms with Crippen LogP contribution in [0.5, 0.6) is 5.75 Å². The maximum Gasteiger partial charge on any atom is 0.415 e. The fourth-order valence-electron chi connectivity index (χ4n) is 1.81. The normalized spacial score (nSPS) is 16.2. The van der Waals surface area contributed by atoms with Crippen LogP contribution in [-0.2, 0) is 0 Å². The largest absolute Gasteiger partial charge is 0.415 e. The number of carbonyl (C=O) groups is 1. The number of piperazine rings is 1. The van der Waals surface area contributed by atoms with E-state index in [-0.39, 0.29) is 11.4 Å². The van der Waals surface area contributed by atoms with Crippen molar-refractivity contribution >= 4 is 11.8 Å². The Labute approximate surface area is 110 Å². The SMILES string of the molecule is CN1CCN(C(=O)Oc2cccc([N+](=O)[O-])c2)CC1. The van der Waals surface area contributed by atoms with Crippen molar-refractivity contribution < 1.29 is 14.5 Å². The summed E-state index contributed by atoms with van der Waals surface area (Å²) in [6.07, 6.45) is -0.464. The third-order valence-corrected chi connectivity index (χ3v) is 3.00. The highest BCUT2D eigenvalue weighted by molar-refractivity contribution is 5.71. The molecule has 0 atom stereocenters. The molecular weight excluding hydrogens is 250 g/mol. The Morgan fingerprint density at radius 1 is 1.32 bits per heavy atom. The molecule has 1 amide bonds. The van der Waals surface area contributed by atoms with Crippen molar-refractivity contribution in [3.05, 3.63) is 34.4 Å². The van der Waals surface area contributed by atoms with Crippen LogP contribution in [0.4, 0.5) is 10.5 Å². The number of non-ortho nitro benzene ring substituents is 1. The Hall–Kier alpha value is -2.15. The maximum atomic E-state index is 11.9. The minimum Gasteiger partial charge on any atom is -0.410 e. The number of hydrogen-bond donors (Lipinski definition) is 0. The molecule has 2 rings (SSSR count). The van der Waals surface area contributed by atoms with Crippen LogP contribution in [-0.4, -0.2) is 54.0 Å². The lowest BCUT2D eigenvalue weighted by Gasteiger charge is -2.31. The van der Waals surface area contributed by atoms with Gasteiger partial charge in [0.2, 0.25) is 0 Å². The van der Waals surface area contributed by atoms with Crippen molar-refractivity contribution in [1.29, 1.82) is 0 Å². The molecule has 0 aromatic heterocycles. The first-order chi connectivity index (χ1) is 9.06. The summed E-state index contributed by atoms with van der Waals surface area (Å²) < 4.78 is 5.14. The smallest absolute Gasteiger partial charge is 0.410 e. The molecule has 0 N–H and O–H groups in total. The number of nitrogens with zero attached hydrogens (tertiary/aromatic N) is 3. The van der Waals surface area contributed by atoms with Crippen LogP contribution < -0.4 is 4.74 Å². The van der Waals surface area contributed by atoms with Gasteiger partial charge in [-0.1, -0.05) is 6.07 Å². The predicted molar refractivity (Wildman–Crippen MR) is 68.2 cm³/mol. The molecule has 0 unspecified atom stereocenters. The van der Waals surface area contributed by atoms with E-state index in [4.69, 9.17) is 4.74 Å². The van der Waals surface area contributed by atoms with Crippen molar-refractivity contribution in [2.24, 2.45) is 0 Å². The van der Waals surface area contributed by atoms with Gasteiger partial charge in [-0.25, -0.2) is 4.79 Å². The topological polar surface area (TPSA) is 75.9 Å². The highest BCUT2D eigenvalue weighted by Crippen LogP contribution is 2.19. The molecule has 0 aliphatic carbocycles. The summed E-state index contributed by atoms with van der Waals surface area (Å²) in [6, 6.07) is 5.62. The average Bonchev–Trinajstić information content (AvgIpc) is 2.39. The predicted octanol–water partition coefficient (Wildman–Crippen LogP) is 1.34. The third kappa shape index (κ3) is 3.41. The van der Waals surface area contributed by atoms with Crippen molar-refractivity contribution in [2.75, 3.05) is 33.2 Å². The van der Waals surface area contributed by atoms with Crippen LogP contribution in [0.3, 0.4) is 0 Å². The molecule has 1 saturated heterocycles. The lowest BCUT2D eigenvalue weighted by molar-refractivity contribution is -0.384. The fourth-order valence-corrected chi connectivity index (χ4v) is 1.81. The molecule has 0 radical (unpaired) electrons. The highest BCUT2D eigenvalue weighted by atomic mass is 16.6. The molecular formula is C12H15N3O4. The minimum atomic E-state index is -0.521. The van der Waals surface area contributed by atoms with Gasteiger partial charge in [0, 0.05) is 32.2 Å². The van der Waals surface area contributed by atoms with Gasteiger partial charge in [-0.3, -0.25) is 10.1 Å². The standard InChI is InChI=1S/C12H15N3O4/c1-13-5-7-14(8-6-13)12(16)19-11-4-2-3-10(9-11)15(17)18/h2-4,9H,5-8H2,1H3. The van der Waals surface area contributed by atoms with Crippen LogP contribution in [0.25, 0.3) is 0 Å². The molecule has 1 aliphatic rings. The Kier molecular flexibility index (Phi) is 3.96. The molecule has 1 aromatic rings. The van der Waals surface area contributed by atoms with E-state index < -0.39 is 11.0 Å². The maximum absolute atomic E-state index is 11.9. The summed E-state index contributed by atoms with van der Waals surface area (Å²) in [5.41, 5.74) is -0.0938. The van der Waals surface area contributed by atoms with Gasteiger partial charge < -0.3 is 14.5 Å². The van der Waals surface area contributed by atoms with Crippen LogP contribution in [0.2, 0.25) is 0 Å². The molecule has 7 nitrogen and oxygen atoms in total. The molecule has 1 aliphatic heterocycles. The Balaban J connectivity index is 1.98. The van der Waals surface area contributed by atoms with Crippen LogP contribution in [0, 0.1) is 10.1 Å². The second-order valence-corrected chi connectivity index (χ2v) is 4.41. The van der Waals surface area contributed by atoms with Crippen molar-refractivity contribution in [3.8, 4) is 5.75 Å². The Bertz CT molecular complexity index is 484. The second-order valence-electron chi connectivity index (χ2n) is 4.41. The Morgan fingerprint density at radius 3 is 2.63 bits per heavy atom. The first kappa shape index (κ1) is 13.3. The minimum absolute atomic E-state index is 0.0938. The van der Waals surface area contributed by atoms with Crippen LogP contribution in [0.15, 0.2) is 24.3 Å². The van der Waals surface area contributed by atoms with E-state index in [9.17, 15) is 14.9 Å². The van der Waals surface area contributed by atoms with E-state index in [1.807, 2.05) is 7.05 Å².